The molecule has 0 saturated heterocycles. The lowest BCUT2D eigenvalue weighted by atomic mass is 10.1. The van der Waals surface area contributed by atoms with E-state index in [2.05, 4.69) is 11.7 Å². The van der Waals surface area contributed by atoms with Crippen LogP contribution in [0.1, 0.15) is 35.7 Å². The van der Waals surface area contributed by atoms with Gasteiger partial charge in [0.1, 0.15) is 0 Å². The lowest BCUT2D eigenvalue weighted by Gasteiger charge is -2.06. The minimum Gasteiger partial charge on any atom is -0.465 e. The van der Waals surface area contributed by atoms with Gasteiger partial charge >= 0.3 is 5.97 Å². The maximum absolute atomic E-state index is 11.4. The minimum atomic E-state index is -0.400. The summed E-state index contributed by atoms with van der Waals surface area (Å²) in [4.78, 5) is 11.4. The molecule has 1 aromatic rings. The number of para-hydroxylation sites is 1. The van der Waals surface area contributed by atoms with Crippen molar-refractivity contribution in [1.29, 1.82) is 0 Å². The van der Waals surface area contributed by atoms with Crippen LogP contribution in [-0.4, -0.2) is 13.1 Å². The Morgan fingerprint density at radius 3 is 2.88 bits per heavy atom. The van der Waals surface area contributed by atoms with Crippen LogP contribution in [0.4, 0.5) is 5.69 Å². The van der Waals surface area contributed by atoms with Crippen molar-refractivity contribution in [2.24, 2.45) is 0 Å². The quantitative estimate of drug-likeness (QED) is 0.625. The second-order valence-electron chi connectivity index (χ2n) is 3.49. The van der Waals surface area contributed by atoms with Crippen LogP contribution in [0.3, 0.4) is 0 Å². The summed E-state index contributed by atoms with van der Waals surface area (Å²) >= 11 is 0. The average molecular weight is 219 g/mol. The van der Waals surface area contributed by atoms with Crippen molar-refractivity contribution in [2.75, 3.05) is 12.8 Å². The fraction of sp³-hybridized carbons (Fsp3) is 0.308. The first-order valence-corrected chi connectivity index (χ1v) is 5.34. The van der Waals surface area contributed by atoms with E-state index < -0.39 is 5.97 Å². The average Bonchev–Trinajstić information content (AvgIpc) is 2.30. The first kappa shape index (κ1) is 12.3. The highest BCUT2D eigenvalue weighted by Gasteiger charge is 2.10. The third-order valence-corrected chi connectivity index (χ3v) is 2.30. The van der Waals surface area contributed by atoms with Crippen LogP contribution < -0.4 is 5.73 Å². The molecule has 16 heavy (non-hydrogen) atoms. The predicted octanol–water partition coefficient (Wildman–Crippen LogP) is 2.87. The number of ether oxygens (including phenoxy) is 1. The summed E-state index contributed by atoms with van der Waals surface area (Å²) in [6.07, 6.45) is 6.08. The molecule has 0 aliphatic carbocycles. The fourth-order valence-electron chi connectivity index (χ4n) is 1.39. The molecule has 2 N–H and O–H groups in total. The van der Waals surface area contributed by atoms with E-state index in [0.29, 0.717) is 11.3 Å². The van der Waals surface area contributed by atoms with Crippen molar-refractivity contribution in [3.63, 3.8) is 0 Å². The molecule has 3 heteroatoms. The number of hydrogen-bond acceptors (Lipinski definition) is 3. The molecule has 0 aliphatic rings. The molecule has 1 rings (SSSR count). The summed E-state index contributed by atoms with van der Waals surface area (Å²) in [6, 6.07) is 5.35. The van der Waals surface area contributed by atoms with E-state index in [1.54, 1.807) is 12.1 Å². The number of allylic oxidation sites excluding steroid dienone is 1. The van der Waals surface area contributed by atoms with Crippen molar-refractivity contribution < 1.29 is 9.53 Å². The zero-order chi connectivity index (χ0) is 12.0. The van der Waals surface area contributed by atoms with Gasteiger partial charge in [0, 0.05) is 0 Å². The van der Waals surface area contributed by atoms with Gasteiger partial charge in [0.15, 0.2) is 0 Å². The Labute approximate surface area is 95.9 Å². The van der Waals surface area contributed by atoms with E-state index in [1.165, 1.54) is 7.11 Å². The smallest absolute Gasteiger partial charge is 0.339 e. The molecule has 0 aliphatic heterocycles. The molecule has 0 spiro atoms. The highest BCUT2D eigenvalue weighted by molar-refractivity contribution is 5.97. The number of unbranched alkanes of at least 4 members (excludes halogenated alkanes) is 1. The largest absolute Gasteiger partial charge is 0.465 e. The maximum atomic E-state index is 11.4. The highest BCUT2D eigenvalue weighted by atomic mass is 16.5. The Hall–Kier alpha value is -1.77. The number of esters is 1. The van der Waals surface area contributed by atoms with Crippen molar-refractivity contribution in [3.8, 4) is 0 Å². The molecule has 0 heterocycles. The van der Waals surface area contributed by atoms with Gasteiger partial charge in [-0.05, 0) is 18.1 Å². The summed E-state index contributed by atoms with van der Waals surface area (Å²) in [6.45, 7) is 2.11. The second-order valence-corrected chi connectivity index (χ2v) is 3.49. The van der Waals surface area contributed by atoms with Crippen LogP contribution >= 0.6 is 0 Å². The molecule has 0 bridgehead atoms. The number of carbonyl (C=O) groups is 1. The third kappa shape index (κ3) is 2.86. The van der Waals surface area contributed by atoms with Gasteiger partial charge in [0.25, 0.3) is 0 Å². The Balaban J connectivity index is 2.99. The Bertz CT molecular complexity index is 397. The van der Waals surface area contributed by atoms with Gasteiger partial charge < -0.3 is 10.5 Å². The van der Waals surface area contributed by atoms with E-state index in [1.807, 2.05) is 18.2 Å². The molecule has 0 aromatic heterocycles. The standard InChI is InChI=1S/C13H17NO2/c1-3-4-5-7-10-8-6-9-11(12(10)14)13(15)16-2/h5-9H,3-4,14H2,1-2H3/b7-5+. The normalized spacial score (nSPS) is 10.6. The number of nitrogens with two attached hydrogens (primary N) is 1. The van der Waals surface area contributed by atoms with Gasteiger partial charge in [-0.3, -0.25) is 0 Å². The fourth-order valence-corrected chi connectivity index (χ4v) is 1.39. The Kier molecular flexibility index (Phi) is 4.58. The van der Waals surface area contributed by atoms with Gasteiger partial charge in [0.2, 0.25) is 0 Å². The van der Waals surface area contributed by atoms with Crippen LogP contribution in [-0.2, 0) is 4.74 Å². The van der Waals surface area contributed by atoms with Crippen molar-refractivity contribution in [3.05, 3.63) is 35.4 Å². The number of nitrogen functional groups attached to an aromatic ring is 1. The van der Waals surface area contributed by atoms with Gasteiger partial charge in [-0.25, -0.2) is 4.79 Å². The van der Waals surface area contributed by atoms with Crippen molar-refractivity contribution in [2.45, 2.75) is 19.8 Å². The lowest BCUT2D eigenvalue weighted by Crippen LogP contribution is -2.06. The maximum Gasteiger partial charge on any atom is 0.339 e. The summed E-state index contributed by atoms with van der Waals surface area (Å²) in [5.41, 5.74) is 7.64. The number of carbonyl (C=O) groups excluding carboxylic acids is 1. The van der Waals surface area contributed by atoms with Crippen LogP contribution in [0.25, 0.3) is 6.08 Å². The number of benzene rings is 1. The van der Waals surface area contributed by atoms with E-state index in [4.69, 9.17) is 5.73 Å². The molecule has 0 unspecified atom stereocenters. The van der Waals surface area contributed by atoms with Gasteiger partial charge in [-0.2, -0.15) is 0 Å². The number of hydrogen-bond donors (Lipinski definition) is 1. The van der Waals surface area contributed by atoms with Crippen LogP contribution in [0.2, 0.25) is 0 Å². The van der Waals surface area contributed by atoms with E-state index in [0.717, 1.165) is 18.4 Å². The molecule has 0 atom stereocenters. The highest BCUT2D eigenvalue weighted by Crippen LogP contribution is 2.20. The molecule has 0 radical (unpaired) electrons. The van der Waals surface area contributed by atoms with Crippen LogP contribution in [0.5, 0.6) is 0 Å². The zero-order valence-corrected chi connectivity index (χ0v) is 9.69. The molecular formula is C13H17NO2. The summed E-state index contributed by atoms with van der Waals surface area (Å²) in [7, 11) is 1.35. The van der Waals surface area contributed by atoms with Crippen LogP contribution in [0.15, 0.2) is 24.3 Å². The topological polar surface area (TPSA) is 52.3 Å². The molecule has 3 nitrogen and oxygen atoms in total. The van der Waals surface area contributed by atoms with Gasteiger partial charge in [-0.15, -0.1) is 0 Å². The lowest BCUT2D eigenvalue weighted by molar-refractivity contribution is 0.0602. The molecule has 86 valence electrons. The van der Waals surface area contributed by atoms with Crippen molar-refractivity contribution in [1.82, 2.24) is 0 Å². The third-order valence-electron chi connectivity index (χ3n) is 2.30. The van der Waals surface area contributed by atoms with E-state index >= 15 is 0 Å². The Morgan fingerprint density at radius 2 is 2.25 bits per heavy atom. The monoisotopic (exact) mass is 219 g/mol. The minimum absolute atomic E-state index is 0.400. The molecule has 0 amide bonds. The molecule has 0 fully saturated rings. The zero-order valence-electron chi connectivity index (χ0n) is 9.69. The van der Waals surface area contributed by atoms with Gasteiger partial charge in [-0.1, -0.05) is 37.6 Å². The Morgan fingerprint density at radius 1 is 1.50 bits per heavy atom. The molecular weight excluding hydrogens is 202 g/mol. The summed E-state index contributed by atoms with van der Waals surface area (Å²) in [5.74, 6) is -0.400. The van der Waals surface area contributed by atoms with Crippen LogP contribution in [0, 0.1) is 0 Å². The van der Waals surface area contributed by atoms with Gasteiger partial charge in [0.05, 0.1) is 18.4 Å². The summed E-state index contributed by atoms with van der Waals surface area (Å²) < 4.78 is 4.65. The number of methoxy groups -OCH3 is 1. The van der Waals surface area contributed by atoms with E-state index in [-0.39, 0.29) is 0 Å². The molecule has 0 saturated carbocycles. The first-order chi connectivity index (χ1) is 7.70. The van der Waals surface area contributed by atoms with E-state index in [9.17, 15) is 4.79 Å². The number of anilines is 1. The van der Waals surface area contributed by atoms with Crippen molar-refractivity contribution >= 4 is 17.7 Å². The first-order valence-electron chi connectivity index (χ1n) is 5.34. The number of rotatable bonds is 4. The predicted molar refractivity (Wildman–Crippen MR) is 66.1 cm³/mol. The summed E-state index contributed by atoms with van der Waals surface area (Å²) in [5, 5.41) is 0. The second kappa shape index (κ2) is 5.95. The SMILES string of the molecule is CCC/C=C/c1cccc(C(=O)OC)c1N. The molecule has 1 aromatic carbocycles.